The summed E-state index contributed by atoms with van der Waals surface area (Å²) in [7, 11) is 0. The molecule has 1 aromatic heterocycles. The van der Waals surface area contributed by atoms with Crippen LogP contribution < -0.4 is 5.73 Å². The number of aryl methyl sites for hydroxylation is 1. The maximum atomic E-state index is 5.50. The normalized spacial score (nSPS) is 8.23. The first-order chi connectivity index (χ1) is 6.15. The van der Waals surface area contributed by atoms with Crippen LogP contribution in [-0.2, 0) is 0 Å². The molecule has 0 unspecified atom stereocenters. The molecule has 2 nitrogen and oxygen atoms in total. The number of nitrogens with two attached hydrogens (primary N) is 1. The molecule has 0 bridgehead atoms. The molecule has 0 aliphatic heterocycles. The Morgan fingerprint density at radius 3 is 2.38 bits per heavy atom. The summed E-state index contributed by atoms with van der Waals surface area (Å²) in [5.41, 5.74) is 8.26. The SMILES string of the molecule is C#Cc1cc(N)nc(C)c1C.CC. The summed E-state index contributed by atoms with van der Waals surface area (Å²) in [5.74, 6) is 3.04. The van der Waals surface area contributed by atoms with Gasteiger partial charge in [0.05, 0.1) is 0 Å². The van der Waals surface area contributed by atoms with Gasteiger partial charge in [-0.2, -0.15) is 0 Å². The van der Waals surface area contributed by atoms with E-state index in [0.29, 0.717) is 5.82 Å². The highest BCUT2D eigenvalue weighted by molar-refractivity contribution is 5.47. The second-order valence-electron chi connectivity index (χ2n) is 2.45. The topological polar surface area (TPSA) is 38.9 Å². The van der Waals surface area contributed by atoms with Crippen molar-refractivity contribution in [2.24, 2.45) is 0 Å². The Morgan fingerprint density at radius 2 is 1.92 bits per heavy atom. The first kappa shape index (κ1) is 11.5. The van der Waals surface area contributed by atoms with Gasteiger partial charge in [0.25, 0.3) is 0 Å². The van der Waals surface area contributed by atoms with Gasteiger partial charge >= 0.3 is 0 Å². The minimum Gasteiger partial charge on any atom is -0.384 e. The van der Waals surface area contributed by atoms with Crippen LogP contribution in [0.1, 0.15) is 30.7 Å². The van der Waals surface area contributed by atoms with Gasteiger partial charge in [0.15, 0.2) is 0 Å². The third-order valence-electron chi connectivity index (χ3n) is 1.69. The molecule has 0 fully saturated rings. The average molecular weight is 176 g/mol. The van der Waals surface area contributed by atoms with E-state index in [1.54, 1.807) is 6.07 Å². The Bertz CT molecular complexity index is 322. The molecule has 1 aromatic rings. The molecule has 13 heavy (non-hydrogen) atoms. The van der Waals surface area contributed by atoms with Gasteiger partial charge in [0, 0.05) is 11.3 Å². The second kappa shape index (κ2) is 5.21. The molecular formula is C11H16N2. The van der Waals surface area contributed by atoms with E-state index in [4.69, 9.17) is 12.2 Å². The van der Waals surface area contributed by atoms with Gasteiger partial charge in [-0.1, -0.05) is 19.8 Å². The van der Waals surface area contributed by atoms with E-state index >= 15 is 0 Å². The van der Waals surface area contributed by atoms with Gasteiger partial charge in [0.1, 0.15) is 5.82 Å². The van der Waals surface area contributed by atoms with Crippen molar-refractivity contribution in [2.75, 3.05) is 5.73 Å². The molecule has 0 spiro atoms. The highest BCUT2D eigenvalue weighted by atomic mass is 14.8. The van der Waals surface area contributed by atoms with Crippen LogP contribution in [0.4, 0.5) is 5.82 Å². The van der Waals surface area contributed by atoms with Crippen LogP contribution in [0.15, 0.2) is 6.07 Å². The number of nitrogens with zero attached hydrogens (tertiary/aromatic N) is 1. The molecule has 0 aliphatic rings. The molecular weight excluding hydrogens is 160 g/mol. The smallest absolute Gasteiger partial charge is 0.124 e. The lowest BCUT2D eigenvalue weighted by atomic mass is 10.1. The quantitative estimate of drug-likeness (QED) is 0.616. The largest absolute Gasteiger partial charge is 0.384 e. The highest BCUT2D eigenvalue weighted by Gasteiger charge is 2.00. The first-order valence-electron chi connectivity index (χ1n) is 4.35. The number of aromatic nitrogens is 1. The lowest BCUT2D eigenvalue weighted by Crippen LogP contribution is -1.97. The predicted molar refractivity (Wildman–Crippen MR) is 57.4 cm³/mol. The summed E-state index contributed by atoms with van der Waals surface area (Å²) in [4.78, 5) is 4.06. The lowest BCUT2D eigenvalue weighted by molar-refractivity contribution is 1.15. The van der Waals surface area contributed by atoms with Gasteiger partial charge in [-0.15, -0.1) is 6.42 Å². The van der Waals surface area contributed by atoms with Crippen LogP contribution in [0, 0.1) is 26.2 Å². The van der Waals surface area contributed by atoms with Crippen LogP contribution in [0.25, 0.3) is 0 Å². The fourth-order valence-corrected chi connectivity index (χ4v) is 0.911. The van der Waals surface area contributed by atoms with Gasteiger partial charge < -0.3 is 5.73 Å². The zero-order chi connectivity index (χ0) is 10.4. The van der Waals surface area contributed by atoms with E-state index in [1.165, 1.54) is 0 Å². The van der Waals surface area contributed by atoms with Crippen molar-refractivity contribution in [2.45, 2.75) is 27.7 Å². The number of rotatable bonds is 0. The average Bonchev–Trinajstić information content (AvgIpc) is 2.14. The third-order valence-corrected chi connectivity index (χ3v) is 1.69. The molecule has 1 rings (SSSR count). The van der Waals surface area contributed by atoms with Gasteiger partial charge in [0.2, 0.25) is 0 Å². The maximum Gasteiger partial charge on any atom is 0.124 e. The Balaban J connectivity index is 0.000000671. The summed E-state index contributed by atoms with van der Waals surface area (Å²) in [6, 6.07) is 1.71. The van der Waals surface area contributed by atoms with E-state index in [1.807, 2.05) is 27.7 Å². The summed E-state index contributed by atoms with van der Waals surface area (Å²) in [5, 5.41) is 0. The van der Waals surface area contributed by atoms with E-state index < -0.39 is 0 Å². The molecule has 1 heterocycles. The van der Waals surface area contributed by atoms with E-state index in [-0.39, 0.29) is 0 Å². The van der Waals surface area contributed by atoms with E-state index in [2.05, 4.69) is 10.9 Å². The molecule has 2 heteroatoms. The molecule has 0 radical (unpaired) electrons. The number of hydrogen-bond donors (Lipinski definition) is 1. The Morgan fingerprint density at radius 1 is 1.38 bits per heavy atom. The molecule has 0 saturated carbocycles. The minimum atomic E-state index is 0.487. The zero-order valence-electron chi connectivity index (χ0n) is 8.68. The maximum absolute atomic E-state index is 5.50. The van der Waals surface area contributed by atoms with Crippen LogP contribution in [0.5, 0.6) is 0 Å². The molecule has 0 aromatic carbocycles. The first-order valence-corrected chi connectivity index (χ1v) is 4.35. The van der Waals surface area contributed by atoms with Crippen molar-refractivity contribution in [3.05, 3.63) is 22.9 Å². The standard InChI is InChI=1S/C9H10N2.C2H6/c1-4-8-5-9(10)11-7(3)6(8)2;1-2/h1,5H,2-3H3,(H2,10,11);1-2H3. The lowest BCUT2D eigenvalue weighted by Gasteiger charge is -2.02. The fourth-order valence-electron chi connectivity index (χ4n) is 0.911. The summed E-state index contributed by atoms with van der Waals surface area (Å²) >= 11 is 0. The van der Waals surface area contributed by atoms with Gasteiger partial charge in [-0.3, -0.25) is 0 Å². The van der Waals surface area contributed by atoms with Crippen molar-refractivity contribution in [3.8, 4) is 12.3 Å². The predicted octanol–water partition coefficient (Wildman–Crippen LogP) is 2.29. The van der Waals surface area contributed by atoms with E-state index in [0.717, 1.165) is 16.8 Å². The van der Waals surface area contributed by atoms with Gasteiger partial charge in [-0.25, -0.2) is 4.98 Å². The highest BCUT2D eigenvalue weighted by Crippen LogP contribution is 2.12. The van der Waals surface area contributed by atoms with Crippen molar-refractivity contribution in [3.63, 3.8) is 0 Å². The third kappa shape index (κ3) is 2.79. The van der Waals surface area contributed by atoms with Crippen molar-refractivity contribution < 1.29 is 0 Å². The van der Waals surface area contributed by atoms with Crippen molar-refractivity contribution in [1.82, 2.24) is 4.98 Å². The molecule has 0 amide bonds. The summed E-state index contributed by atoms with van der Waals surface area (Å²) < 4.78 is 0. The molecule has 70 valence electrons. The number of pyridine rings is 1. The Kier molecular flexibility index (Phi) is 4.61. The van der Waals surface area contributed by atoms with E-state index in [9.17, 15) is 0 Å². The molecule has 0 aliphatic carbocycles. The monoisotopic (exact) mass is 176 g/mol. The molecule has 0 atom stereocenters. The van der Waals surface area contributed by atoms with Crippen LogP contribution >= 0.6 is 0 Å². The Labute approximate surface area is 80.2 Å². The zero-order valence-corrected chi connectivity index (χ0v) is 8.68. The number of terminal acetylenes is 1. The van der Waals surface area contributed by atoms with Crippen LogP contribution in [0.3, 0.4) is 0 Å². The summed E-state index contributed by atoms with van der Waals surface area (Å²) in [6.45, 7) is 7.84. The van der Waals surface area contributed by atoms with Crippen molar-refractivity contribution >= 4 is 5.82 Å². The summed E-state index contributed by atoms with van der Waals surface area (Å²) in [6.07, 6.45) is 5.26. The number of hydrogen-bond acceptors (Lipinski definition) is 2. The molecule has 0 saturated heterocycles. The van der Waals surface area contributed by atoms with Crippen LogP contribution in [0.2, 0.25) is 0 Å². The minimum absolute atomic E-state index is 0.487. The molecule has 2 N–H and O–H groups in total. The second-order valence-corrected chi connectivity index (χ2v) is 2.45. The van der Waals surface area contributed by atoms with Gasteiger partial charge in [-0.05, 0) is 25.5 Å². The van der Waals surface area contributed by atoms with Crippen molar-refractivity contribution in [1.29, 1.82) is 0 Å². The Hall–Kier alpha value is -1.49. The number of anilines is 1. The number of nitrogen functional groups attached to an aromatic ring is 1. The van der Waals surface area contributed by atoms with Crippen LogP contribution in [-0.4, -0.2) is 4.98 Å². The fraction of sp³-hybridized carbons (Fsp3) is 0.364.